The molecule has 1 aromatic rings. The Hall–Kier alpha value is -1.53. The molecule has 0 bridgehead atoms. The van der Waals surface area contributed by atoms with E-state index < -0.39 is 0 Å². The predicted molar refractivity (Wildman–Crippen MR) is 62.6 cm³/mol. The zero-order chi connectivity index (χ0) is 11.4. The number of rotatable bonds is 2. The highest BCUT2D eigenvalue weighted by atomic mass is 16.5. The van der Waals surface area contributed by atoms with Crippen LogP contribution in [0.25, 0.3) is 0 Å². The lowest BCUT2D eigenvalue weighted by Gasteiger charge is -2.23. The van der Waals surface area contributed by atoms with E-state index in [1.807, 2.05) is 12.1 Å². The van der Waals surface area contributed by atoms with Gasteiger partial charge >= 0.3 is 0 Å². The van der Waals surface area contributed by atoms with Gasteiger partial charge in [0.2, 0.25) is 0 Å². The van der Waals surface area contributed by atoms with Gasteiger partial charge in [-0.15, -0.1) is 0 Å². The van der Waals surface area contributed by atoms with Crippen LogP contribution < -0.4 is 10.1 Å². The maximum atomic E-state index is 9.03. The van der Waals surface area contributed by atoms with Crippen molar-refractivity contribution in [1.29, 1.82) is 5.26 Å². The van der Waals surface area contributed by atoms with Gasteiger partial charge in [0.15, 0.2) is 0 Å². The Morgan fingerprint density at radius 1 is 1.50 bits per heavy atom. The fourth-order valence-electron chi connectivity index (χ4n) is 2.20. The smallest absolute Gasteiger partial charge is 0.136 e. The maximum absolute atomic E-state index is 9.03. The summed E-state index contributed by atoms with van der Waals surface area (Å²) in [5, 5.41) is 12.4. The Balaban J connectivity index is 2.25. The van der Waals surface area contributed by atoms with Crippen molar-refractivity contribution in [2.24, 2.45) is 0 Å². The average Bonchev–Trinajstić information content (AvgIpc) is 2.39. The first kappa shape index (κ1) is 11.0. The van der Waals surface area contributed by atoms with E-state index in [9.17, 15) is 0 Å². The SMILES string of the molecule is COc1ccc(C2CCCNC2)cc1C#N. The molecule has 3 heteroatoms. The highest BCUT2D eigenvalue weighted by Gasteiger charge is 2.16. The summed E-state index contributed by atoms with van der Waals surface area (Å²) in [7, 11) is 1.60. The molecule has 0 radical (unpaired) electrons. The molecule has 1 aliphatic heterocycles. The third kappa shape index (κ3) is 2.17. The monoisotopic (exact) mass is 216 g/mol. The Morgan fingerprint density at radius 2 is 2.38 bits per heavy atom. The zero-order valence-corrected chi connectivity index (χ0v) is 9.49. The molecule has 0 saturated carbocycles. The highest BCUT2D eigenvalue weighted by Crippen LogP contribution is 2.27. The largest absolute Gasteiger partial charge is 0.495 e. The minimum atomic E-state index is 0.534. The summed E-state index contributed by atoms with van der Waals surface area (Å²) in [6, 6.07) is 8.09. The second-order valence-corrected chi connectivity index (χ2v) is 4.11. The minimum absolute atomic E-state index is 0.534. The molecule has 2 rings (SSSR count). The molecular weight excluding hydrogens is 200 g/mol. The fourth-order valence-corrected chi connectivity index (χ4v) is 2.20. The molecule has 1 aliphatic rings. The first-order valence-electron chi connectivity index (χ1n) is 5.64. The second kappa shape index (κ2) is 5.00. The van der Waals surface area contributed by atoms with Crippen molar-refractivity contribution < 1.29 is 4.74 Å². The third-order valence-electron chi connectivity index (χ3n) is 3.11. The van der Waals surface area contributed by atoms with Gasteiger partial charge in [-0.3, -0.25) is 0 Å². The zero-order valence-electron chi connectivity index (χ0n) is 9.49. The van der Waals surface area contributed by atoms with Crippen LogP contribution >= 0.6 is 0 Å². The third-order valence-corrected chi connectivity index (χ3v) is 3.11. The predicted octanol–water partition coefficient (Wildman–Crippen LogP) is 2.03. The quantitative estimate of drug-likeness (QED) is 0.822. The Kier molecular flexibility index (Phi) is 3.43. The summed E-state index contributed by atoms with van der Waals surface area (Å²) in [5.74, 6) is 1.20. The van der Waals surface area contributed by atoms with Crippen molar-refractivity contribution in [2.75, 3.05) is 20.2 Å². The van der Waals surface area contributed by atoms with Crippen LogP contribution in [0.2, 0.25) is 0 Å². The second-order valence-electron chi connectivity index (χ2n) is 4.11. The van der Waals surface area contributed by atoms with Gasteiger partial charge in [0.05, 0.1) is 12.7 Å². The van der Waals surface area contributed by atoms with Gasteiger partial charge < -0.3 is 10.1 Å². The molecule has 0 amide bonds. The van der Waals surface area contributed by atoms with E-state index in [-0.39, 0.29) is 0 Å². The van der Waals surface area contributed by atoms with Crippen molar-refractivity contribution in [3.8, 4) is 11.8 Å². The van der Waals surface area contributed by atoms with Crippen molar-refractivity contribution in [3.05, 3.63) is 29.3 Å². The molecule has 0 aliphatic carbocycles. The van der Waals surface area contributed by atoms with E-state index in [4.69, 9.17) is 10.00 Å². The molecule has 1 atom stereocenters. The van der Waals surface area contributed by atoms with Gasteiger partial charge in [-0.25, -0.2) is 0 Å². The van der Waals surface area contributed by atoms with Crippen LogP contribution in [-0.4, -0.2) is 20.2 Å². The van der Waals surface area contributed by atoms with Crippen LogP contribution in [0.5, 0.6) is 5.75 Å². The van der Waals surface area contributed by atoms with Gasteiger partial charge in [-0.2, -0.15) is 5.26 Å². The Bertz CT molecular complexity index is 403. The number of ether oxygens (including phenoxy) is 1. The summed E-state index contributed by atoms with van der Waals surface area (Å²) in [6.45, 7) is 2.12. The standard InChI is InChI=1S/C13H16N2O/c1-16-13-5-4-10(7-12(13)8-14)11-3-2-6-15-9-11/h4-5,7,11,15H,2-3,6,9H2,1H3. The lowest BCUT2D eigenvalue weighted by Crippen LogP contribution is -2.28. The summed E-state index contributed by atoms with van der Waals surface area (Å²) < 4.78 is 5.14. The van der Waals surface area contributed by atoms with E-state index in [1.54, 1.807) is 7.11 Å². The molecule has 0 spiro atoms. The average molecular weight is 216 g/mol. The van der Waals surface area contributed by atoms with E-state index >= 15 is 0 Å². The summed E-state index contributed by atoms with van der Waals surface area (Å²) in [4.78, 5) is 0. The lowest BCUT2D eigenvalue weighted by molar-refractivity contribution is 0.412. The van der Waals surface area contributed by atoms with Crippen molar-refractivity contribution >= 4 is 0 Å². The van der Waals surface area contributed by atoms with Crippen LogP contribution in [0.4, 0.5) is 0 Å². The molecule has 1 aromatic carbocycles. The number of hydrogen-bond acceptors (Lipinski definition) is 3. The molecular formula is C13H16N2O. The first-order valence-corrected chi connectivity index (χ1v) is 5.64. The van der Waals surface area contributed by atoms with Crippen LogP contribution in [0.3, 0.4) is 0 Å². The van der Waals surface area contributed by atoms with Gasteiger partial charge in [-0.1, -0.05) is 6.07 Å². The maximum Gasteiger partial charge on any atom is 0.136 e. The molecule has 0 aromatic heterocycles. The molecule has 1 fully saturated rings. The first-order chi connectivity index (χ1) is 7.85. The molecule has 1 unspecified atom stereocenters. The topological polar surface area (TPSA) is 45.0 Å². The van der Waals surface area contributed by atoms with Crippen LogP contribution in [-0.2, 0) is 0 Å². The molecule has 3 nitrogen and oxygen atoms in total. The number of piperidine rings is 1. The van der Waals surface area contributed by atoms with Crippen LogP contribution in [0, 0.1) is 11.3 Å². The lowest BCUT2D eigenvalue weighted by atomic mass is 9.90. The van der Waals surface area contributed by atoms with Gasteiger partial charge in [0, 0.05) is 6.54 Å². The number of benzene rings is 1. The molecule has 16 heavy (non-hydrogen) atoms. The van der Waals surface area contributed by atoms with Gasteiger partial charge in [0.25, 0.3) is 0 Å². The van der Waals surface area contributed by atoms with Gasteiger partial charge in [0.1, 0.15) is 11.8 Å². The van der Waals surface area contributed by atoms with Crippen molar-refractivity contribution in [2.45, 2.75) is 18.8 Å². The fraction of sp³-hybridized carbons (Fsp3) is 0.462. The summed E-state index contributed by atoms with van der Waals surface area (Å²) in [6.07, 6.45) is 2.41. The number of nitriles is 1. The van der Waals surface area contributed by atoms with Crippen molar-refractivity contribution in [1.82, 2.24) is 5.32 Å². The minimum Gasteiger partial charge on any atom is -0.495 e. The van der Waals surface area contributed by atoms with Gasteiger partial charge in [-0.05, 0) is 43.0 Å². The highest BCUT2D eigenvalue weighted by molar-refractivity contribution is 5.46. The van der Waals surface area contributed by atoms with E-state index in [1.165, 1.54) is 18.4 Å². The number of nitrogens with one attached hydrogen (secondary N) is 1. The van der Waals surface area contributed by atoms with Crippen LogP contribution in [0.1, 0.15) is 29.9 Å². The molecule has 84 valence electrons. The van der Waals surface area contributed by atoms with E-state index in [2.05, 4.69) is 17.5 Å². The molecule has 1 saturated heterocycles. The summed E-state index contributed by atoms with van der Waals surface area (Å²) >= 11 is 0. The number of hydrogen-bond donors (Lipinski definition) is 1. The normalized spacial score (nSPS) is 20.1. The molecule has 1 heterocycles. The Morgan fingerprint density at radius 3 is 3.00 bits per heavy atom. The van der Waals surface area contributed by atoms with Crippen LogP contribution in [0.15, 0.2) is 18.2 Å². The van der Waals surface area contributed by atoms with E-state index in [0.717, 1.165) is 13.1 Å². The summed E-state index contributed by atoms with van der Waals surface area (Å²) in [5.41, 5.74) is 1.87. The number of nitrogens with zero attached hydrogens (tertiary/aromatic N) is 1. The van der Waals surface area contributed by atoms with E-state index in [0.29, 0.717) is 17.2 Å². The Labute approximate surface area is 96.0 Å². The number of methoxy groups -OCH3 is 1. The van der Waals surface area contributed by atoms with Crippen molar-refractivity contribution in [3.63, 3.8) is 0 Å². The molecule has 1 N–H and O–H groups in total.